The Morgan fingerprint density at radius 1 is 1.17 bits per heavy atom. The van der Waals surface area contributed by atoms with Crippen molar-refractivity contribution in [2.75, 3.05) is 25.2 Å². The maximum atomic E-state index is 12.5. The van der Waals surface area contributed by atoms with Gasteiger partial charge in [-0.3, -0.25) is 0 Å². The number of anilines is 1. The smallest absolute Gasteiger partial charge is 0.321 e. The lowest BCUT2D eigenvalue weighted by atomic mass is 9.98. The maximum absolute atomic E-state index is 12.5. The zero-order valence-electron chi connectivity index (χ0n) is 13.6. The Kier molecular flexibility index (Phi) is 3.76. The first-order chi connectivity index (χ1) is 11.7. The molecule has 1 atom stereocenters. The molecule has 2 aliphatic rings. The van der Waals surface area contributed by atoms with Crippen LogP contribution in [0.4, 0.5) is 10.5 Å². The monoisotopic (exact) mass is 324 g/mol. The summed E-state index contributed by atoms with van der Waals surface area (Å²) < 4.78 is 10.8. The Morgan fingerprint density at radius 2 is 2.00 bits per heavy atom. The molecular formula is C19H20N2O3. The van der Waals surface area contributed by atoms with Crippen molar-refractivity contribution in [3.05, 3.63) is 53.6 Å². The summed E-state index contributed by atoms with van der Waals surface area (Å²) in [7, 11) is 0. The van der Waals surface area contributed by atoms with Gasteiger partial charge in [0.05, 0.1) is 0 Å². The molecule has 4 rings (SSSR count). The summed E-state index contributed by atoms with van der Waals surface area (Å²) in [6, 6.07) is 13.9. The number of fused-ring (bicyclic) bond motifs is 1. The number of urea groups is 1. The summed E-state index contributed by atoms with van der Waals surface area (Å²) in [4.78, 5) is 14.4. The topological polar surface area (TPSA) is 50.8 Å². The number of hydrogen-bond donors (Lipinski definition) is 1. The van der Waals surface area contributed by atoms with Gasteiger partial charge < -0.3 is 19.7 Å². The first kappa shape index (κ1) is 14.9. The number of aryl methyl sites for hydroxylation is 1. The predicted molar refractivity (Wildman–Crippen MR) is 91.7 cm³/mol. The third kappa shape index (κ3) is 2.77. The van der Waals surface area contributed by atoms with Gasteiger partial charge >= 0.3 is 6.03 Å². The van der Waals surface area contributed by atoms with Crippen molar-refractivity contribution in [3.8, 4) is 11.5 Å². The normalized spacial score (nSPS) is 18.7. The highest BCUT2D eigenvalue weighted by molar-refractivity contribution is 5.90. The number of nitrogens with zero attached hydrogens (tertiary/aromatic N) is 1. The fourth-order valence-electron chi connectivity index (χ4n) is 3.29. The number of carbonyl (C=O) groups excluding carboxylic acids is 1. The van der Waals surface area contributed by atoms with Gasteiger partial charge in [-0.05, 0) is 42.7 Å². The molecule has 1 N–H and O–H groups in total. The number of amides is 2. The van der Waals surface area contributed by atoms with Crippen LogP contribution in [0.2, 0.25) is 0 Å². The van der Waals surface area contributed by atoms with Gasteiger partial charge in [0.25, 0.3) is 0 Å². The van der Waals surface area contributed by atoms with Gasteiger partial charge in [0.1, 0.15) is 0 Å². The molecule has 0 radical (unpaired) electrons. The van der Waals surface area contributed by atoms with Gasteiger partial charge in [-0.1, -0.05) is 24.3 Å². The molecule has 0 spiro atoms. The Bertz CT molecular complexity index is 775. The second-order valence-electron chi connectivity index (χ2n) is 6.29. The van der Waals surface area contributed by atoms with Crippen molar-refractivity contribution in [1.29, 1.82) is 0 Å². The van der Waals surface area contributed by atoms with E-state index in [1.54, 1.807) is 0 Å². The highest BCUT2D eigenvalue weighted by atomic mass is 16.7. The first-order valence-corrected chi connectivity index (χ1v) is 8.22. The summed E-state index contributed by atoms with van der Waals surface area (Å²) >= 11 is 0. The molecule has 5 nitrogen and oxygen atoms in total. The lowest BCUT2D eigenvalue weighted by molar-refractivity contribution is 0.174. The minimum Gasteiger partial charge on any atom is -0.454 e. The molecule has 2 heterocycles. The molecule has 1 saturated heterocycles. The maximum Gasteiger partial charge on any atom is 0.321 e. The fourth-order valence-corrected chi connectivity index (χ4v) is 3.29. The second kappa shape index (κ2) is 6.07. The van der Waals surface area contributed by atoms with E-state index >= 15 is 0 Å². The predicted octanol–water partition coefficient (Wildman–Crippen LogP) is 3.75. The van der Waals surface area contributed by atoms with Crippen molar-refractivity contribution in [2.45, 2.75) is 19.3 Å². The number of ether oxygens (including phenoxy) is 2. The van der Waals surface area contributed by atoms with Crippen LogP contribution in [-0.4, -0.2) is 30.8 Å². The standard InChI is InChI=1S/C19H20N2O3/c1-13-4-2-3-5-16(13)20-19(22)21-9-8-15(11-21)14-6-7-17-18(10-14)24-12-23-17/h2-7,10,15H,8-9,11-12H2,1H3,(H,20,22). The Morgan fingerprint density at radius 3 is 2.88 bits per heavy atom. The largest absolute Gasteiger partial charge is 0.454 e. The van der Waals surface area contributed by atoms with E-state index in [1.807, 2.05) is 48.2 Å². The van der Waals surface area contributed by atoms with E-state index in [9.17, 15) is 4.79 Å². The van der Waals surface area contributed by atoms with E-state index in [4.69, 9.17) is 9.47 Å². The number of carbonyl (C=O) groups is 1. The Hall–Kier alpha value is -2.69. The molecular weight excluding hydrogens is 304 g/mol. The van der Waals surface area contributed by atoms with Gasteiger partial charge in [0.2, 0.25) is 6.79 Å². The second-order valence-corrected chi connectivity index (χ2v) is 6.29. The highest BCUT2D eigenvalue weighted by Crippen LogP contribution is 2.37. The average molecular weight is 324 g/mol. The summed E-state index contributed by atoms with van der Waals surface area (Å²) in [6.45, 7) is 3.76. The summed E-state index contributed by atoms with van der Waals surface area (Å²) in [6.07, 6.45) is 0.959. The van der Waals surface area contributed by atoms with Crippen LogP contribution in [0.25, 0.3) is 0 Å². The summed E-state index contributed by atoms with van der Waals surface area (Å²) in [5.74, 6) is 1.93. The van der Waals surface area contributed by atoms with Crippen molar-refractivity contribution < 1.29 is 14.3 Å². The van der Waals surface area contributed by atoms with Gasteiger partial charge in [0.15, 0.2) is 11.5 Å². The Balaban J connectivity index is 1.43. The van der Waals surface area contributed by atoms with E-state index in [-0.39, 0.29) is 12.8 Å². The van der Waals surface area contributed by atoms with Gasteiger partial charge in [-0.2, -0.15) is 0 Å². The lowest BCUT2D eigenvalue weighted by Gasteiger charge is -2.18. The molecule has 5 heteroatoms. The average Bonchev–Trinajstić information content (AvgIpc) is 3.25. The molecule has 2 aromatic rings. The molecule has 0 aromatic heterocycles. The lowest BCUT2D eigenvalue weighted by Crippen LogP contribution is -2.33. The zero-order chi connectivity index (χ0) is 16.5. The van der Waals surface area contributed by atoms with Crippen LogP contribution in [0.3, 0.4) is 0 Å². The molecule has 0 saturated carbocycles. The summed E-state index contributed by atoms with van der Waals surface area (Å²) in [5, 5.41) is 3.01. The van der Waals surface area contributed by atoms with Crippen LogP contribution in [-0.2, 0) is 0 Å². The minimum atomic E-state index is -0.0347. The number of likely N-dealkylation sites (tertiary alicyclic amines) is 1. The number of benzene rings is 2. The number of nitrogens with one attached hydrogen (secondary N) is 1. The van der Waals surface area contributed by atoms with Gasteiger partial charge in [0, 0.05) is 24.7 Å². The molecule has 2 amide bonds. The quantitative estimate of drug-likeness (QED) is 0.915. The third-order valence-electron chi connectivity index (χ3n) is 4.73. The molecule has 1 fully saturated rings. The zero-order valence-corrected chi connectivity index (χ0v) is 13.6. The van der Waals surface area contributed by atoms with E-state index < -0.39 is 0 Å². The molecule has 124 valence electrons. The molecule has 0 aliphatic carbocycles. The van der Waals surface area contributed by atoms with Crippen LogP contribution in [0.1, 0.15) is 23.5 Å². The Labute approximate surface area is 141 Å². The van der Waals surface area contributed by atoms with Crippen molar-refractivity contribution >= 4 is 11.7 Å². The first-order valence-electron chi connectivity index (χ1n) is 8.22. The minimum absolute atomic E-state index is 0.0347. The fraction of sp³-hybridized carbons (Fsp3) is 0.316. The van der Waals surface area contributed by atoms with Crippen molar-refractivity contribution in [1.82, 2.24) is 4.90 Å². The molecule has 24 heavy (non-hydrogen) atoms. The van der Waals surface area contributed by atoms with Crippen LogP contribution < -0.4 is 14.8 Å². The molecule has 2 aliphatic heterocycles. The SMILES string of the molecule is Cc1ccccc1NC(=O)N1CCC(c2ccc3c(c2)OCO3)C1. The number of para-hydroxylation sites is 1. The molecule has 2 aromatic carbocycles. The van der Waals surface area contributed by atoms with Gasteiger partial charge in [-0.25, -0.2) is 4.79 Å². The summed E-state index contributed by atoms with van der Waals surface area (Å²) in [5.41, 5.74) is 3.14. The molecule has 0 bridgehead atoms. The van der Waals surface area contributed by atoms with Gasteiger partial charge in [-0.15, -0.1) is 0 Å². The van der Waals surface area contributed by atoms with Crippen LogP contribution in [0, 0.1) is 6.92 Å². The van der Waals surface area contributed by atoms with Crippen molar-refractivity contribution in [2.24, 2.45) is 0 Å². The van der Waals surface area contributed by atoms with Crippen molar-refractivity contribution in [3.63, 3.8) is 0 Å². The van der Waals surface area contributed by atoms with Crippen LogP contribution >= 0.6 is 0 Å². The highest BCUT2D eigenvalue weighted by Gasteiger charge is 2.28. The van der Waals surface area contributed by atoms with E-state index in [0.29, 0.717) is 5.92 Å². The van der Waals surface area contributed by atoms with E-state index in [0.717, 1.165) is 42.3 Å². The number of hydrogen-bond acceptors (Lipinski definition) is 3. The van der Waals surface area contributed by atoms with E-state index in [1.165, 1.54) is 5.56 Å². The van der Waals surface area contributed by atoms with E-state index in [2.05, 4.69) is 11.4 Å². The van der Waals surface area contributed by atoms with Crippen LogP contribution in [0.15, 0.2) is 42.5 Å². The third-order valence-corrected chi connectivity index (χ3v) is 4.73. The number of rotatable bonds is 2. The molecule has 1 unspecified atom stereocenters. The van der Waals surface area contributed by atoms with Crippen LogP contribution in [0.5, 0.6) is 11.5 Å².